The molecule has 0 bridgehead atoms. The molecule has 1 aromatic carbocycles. The monoisotopic (exact) mass is 223 g/mol. The van der Waals surface area contributed by atoms with Gasteiger partial charge in [0.25, 0.3) is 0 Å². The van der Waals surface area contributed by atoms with E-state index in [1.54, 1.807) is 0 Å². The van der Waals surface area contributed by atoms with Crippen LogP contribution < -0.4 is 14.8 Å². The number of aliphatic hydroxyl groups excluding tert-OH is 1. The lowest BCUT2D eigenvalue weighted by molar-refractivity contribution is 0.174. The highest BCUT2D eigenvalue weighted by molar-refractivity contribution is 5.55. The van der Waals surface area contributed by atoms with E-state index < -0.39 is 0 Å². The lowest BCUT2D eigenvalue weighted by Crippen LogP contribution is -2.16. The zero-order valence-corrected chi connectivity index (χ0v) is 9.40. The van der Waals surface area contributed by atoms with Crippen molar-refractivity contribution in [1.29, 1.82) is 0 Å². The first-order valence-corrected chi connectivity index (χ1v) is 5.58. The van der Waals surface area contributed by atoms with Crippen molar-refractivity contribution in [3.63, 3.8) is 0 Å². The molecule has 1 unspecified atom stereocenters. The molecule has 0 aromatic heterocycles. The molecule has 16 heavy (non-hydrogen) atoms. The van der Waals surface area contributed by atoms with Crippen molar-refractivity contribution < 1.29 is 14.6 Å². The molecule has 1 aliphatic rings. The Labute approximate surface area is 95.2 Å². The van der Waals surface area contributed by atoms with E-state index in [0.29, 0.717) is 12.7 Å². The average Bonchev–Trinajstić information content (AvgIpc) is 2.77. The number of fused-ring (bicyclic) bond motifs is 1. The molecule has 0 spiro atoms. The van der Waals surface area contributed by atoms with Crippen LogP contribution in [0.4, 0.5) is 5.69 Å². The zero-order chi connectivity index (χ0) is 11.4. The molecule has 1 aliphatic heterocycles. The first-order valence-electron chi connectivity index (χ1n) is 5.58. The smallest absolute Gasteiger partial charge is 0.231 e. The standard InChI is InChI=1S/C12H17NO3/c1-2-9(7-14)6-13-10-3-4-11-12(5-10)16-8-15-11/h3-5,9,13-14H,2,6-8H2,1H3. The van der Waals surface area contributed by atoms with Crippen LogP contribution in [0.2, 0.25) is 0 Å². The van der Waals surface area contributed by atoms with Gasteiger partial charge in [-0.05, 0) is 24.5 Å². The van der Waals surface area contributed by atoms with E-state index in [2.05, 4.69) is 12.2 Å². The Bertz CT molecular complexity index is 350. The van der Waals surface area contributed by atoms with Crippen molar-refractivity contribution in [2.75, 3.05) is 25.3 Å². The minimum atomic E-state index is 0.216. The summed E-state index contributed by atoms with van der Waals surface area (Å²) < 4.78 is 10.5. The molecule has 0 radical (unpaired) electrons. The third-order valence-electron chi connectivity index (χ3n) is 2.80. The van der Waals surface area contributed by atoms with E-state index in [4.69, 9.17) is 14.6 Å². The van der Waals surface area contributed by atoms with E-state index in [0.717, 1.165) is 30.2 Å². The van der Waals surface area contributed by atoms with Crippen LogP contribution in [0, 0.1) is 5.92 Å². The Morgan fingerprint density at radius 1 is 1.38 bits per heavy atom. The van der Waals surface area contributed by atoms with Crippen molar-refractivity contribution in [3.05, 3.63) is 18.2 Å². The second-order valence-electron chi connectivity index (χ2n) is 3.91. The number of hydrogen-bond donors (Lipinski definition) is 2. The topological polar surface area (TPSA) is 50.7 Å². The number of hydrogen-bond acceptors (Lipinski definition) is 4. The summed E-state index contributed by atoms with van der Waals surface area (Å²) in [6.07, 6.45) is 0.966. The Morgan fingerprint density at radius 2 is 2.19 bits per heavy atom. The third kappa shape index (κ3) is 2.39. The molecular formula is C12H17NO3. The summed E-state index contributed by atoms with van der Waals surface area (Å²) in [5, 5.41) is 12.4. The van der Waals surface area contributed by atoms with E-state index in [-0.39, 0.29) is 6.61 Å². The number of aliphatic hydroxyl groups is 1. The average molecular weight is 223 g/mol. The maximum Gasteiger partial charge on any atom is 0.231 e. The SMILES string of the molecule is CCC(CO)CNc1ccc2c(c1)OCO2. The van der Waals surface area contributed by atoms with Crippen molar-refractivity contribution in [3.8, 4) is 11.5 Å². The molecule has 4 nitrogen and oxygen atoms in total. The third-order valence-corrected chi connectivity index (χ3v) is 2.80. The number of benzene rings is 1. The second kappa shape index (κ2) is 5.07. The van der Waals surface area contributed by atoms with Crippen molar-refractivity contribution in [1.82, 2.24) is 0 Å². The van der Waals surface area contributed by atoms with Gasteiger partial charge in [0.05, 0.1) is 0 Å². The number of nitrogens with one attached hydrogen (secondary N) is 1. The van der Waals surface area contributed by atoms with Gasteiger partial charge >= 0.3 is 0 Å². The highest BCUT2D eigenvalue weighted by Crippen LogP contribution is 2.34. The molecular weight excluding hydrogens is 206 g/mol. The summed E-state index contributed by atoms with van der Waals surface area (Å²) >= 11 is 0. The fourth-order valence-corrected chi connectivity index (χ4v) is 1.61. The number of ether oxygens (including phenoxy) is 2. The normalized spacial score (nSPS) is 14.9. The maximum absolute atomic E-state index is 9.07. The van der Waals surface area contributed by atoms with Crippen molar-refractivity contribution in [2.24, 2.45) is 5.92 Å². The van der Waals surface area contributed by atoms with Gasteiger partial charge in [0, 0.05) is 24.9 Å². The first-order chi connectivity index (χ1) is 7.83. The van der Waals surface area contributed by atoms with Gasteiger partial charge in [-0.1, -0.05) is 6.92 Å². The van der Waals surface area contributed by atoms with E-state index >= 15 is 0 Å². The van der Waals surface area contributed by atoms with Gasteiger partial charge in [-0.3, -0.25) is 0 Å². The van der Waals surface area contributed by atoms with Crippen molar-refractivity contribution >= 4 is 5.69 Å². The Morgan fingerprint density at radius 3 is 2.94 bits per heavy atom. The Balaban J connectivity index is 1.95. The molecule has 0 saturated heterocycles. The molecule has 2 N–H and O–H groups in total. The van der Waals surface area contributed by atoms with Crippen LogP contribution in [0.15, 0.2) is 18.2 Å². The summed E-state index contributed by atoms with van der Waals surface area (Å²) in [6.45, 7) is 3.36. The molecule has 4 heteroatoms. The predicted molar refractivity (Wildman–Crippen MR) is 61.9 cm³/mol. The minimum absolute atomic E-state index is 0.216. The summed E-state index contributed by atoms with van der Waals surface area (Å²) in [4.78, 5) is 0. The van der Waals surface area contributed by atoms with Gasteiger partial charge in [-0.2, -0.15) is 0 Å². The van der Waals surface area contributed by atoms with Gasteiger partial charge in [-0.25, -0.2) is 0 Å². The quantitative estimate of drug-likeness (QED) is 0.799. The molecule has 1 aromatic rings. The van der Waals surface area contributed by atoms with Crippen molar-refractivity contribution in [2.45, 2.75) is 13.3 Å². The highest BCUT2D eigenvalue weighted by Gasteiger charge is 2.13. The van der Waals surface area contributed by atoms with Crippen LogP contribution >= 0.6 is 0 Å². The highest BCUT2D eigenvalue weighted by atomic mass is 16.7. The minimum Gasteiger partial charge on any atom is -0.454 e. The van der Waals surface area contributed by atoms with Crippen LogP contribution in [0.1, 0.15) is 13.3 Å². The molecule has 88 valence electrons. The molecule has 1 atom stereocenters. The van der Waals surface area contributed by atoms with Crippen LogP contribution in [0.25, 0.3) is 0 Å². The molecule has 0 fully saturated rings. The van der Waals surface area contributed by atoms with Gasteiger partial charge in [0.15, 0.2) is 11.5 Å². The van der Waals surface area contributed by atoms with Gasteiger partial charge in [-0.15, -0.1) is 0 Å². The second-order valence-corrected chi connectivity index (χ2v) is 3.91. The first kappa shape index (κ1) is 11.1. The largest absolute Gasteiger partial charge is 0.454 e. The Hall–Kier alpha value is -1.42. The summed E-state index contributed by atoms with van der Waals surface area (Å²) in [7, 11) is 0. The van der Waals surface area contributed by atoms with Crippen LogP contribution in [-0.2, 0) is 0 Å². The van der Waals surface area contributed by atoms with E-state index in [1.807, 2.05) is 18.2 Å². The Kier molecular flexibility index (Phi) is 3.51. The molecule has 2 rings (SSSR count). The summed E-state index contributed by atoms with van der Waals surface area (Å²) in [5.74, 6) is 1.87. The van der Waals surface area contributed by atoms with Gasteiger partial charge in [0.1, 0.15) is 0 Å². The summed E-state index contributed by atoms with van der Waals surface area (Å²) in [6, 6.07) is 5.77. The van der Waals surface area contributed by atoms with E-state index in [9.17, 15) is 0 Å². The van der Waals surface area contributed by atoms with E-state index in [1.165, 1.54) is 0 Å². The lowest BCUT2D eigenvalue weighted by Gasteiger charge is -2.13. The number of anilines is 1. The zero-order valence-electron chi connectivity index (χ0n) is 9.40. The number of rotatable bonds is 5. The van der Waals surface area contributed by atoms with Crippen LogP contribution in [0.3, 0.4) is 0 Å². The lowest BCUT2D eigenvalue weighted by atomic mass is 10.1. The predicted octanol–water partition coefficient (Wildman–Crippen LogP) is 1.85. The van der Waals surface area contributed by atoms with Crippen LogP contribution in [-0.4, -0.2) is 25.1 Å². The molecule has 1 heterocycles. The fraction of sp³-hybridized carbons (Fsp3) is 0.500. The molecule has 0 amide bonds. The maximum atomic E-state index is 9.07. The van der Waals surface area contributed by atoms with Crippen LogP contribution in [0.5, 0.6) is 11.5 Å². The van der Waals surface area contributed by atoms with Gasteiger partial charge in [0.2, 0.25) is 6.79 Å². The molecule has 0 saturated carbocycles. The fourth-order valence-electron chi connectivity index (χ4n) is 1.61. The molecule has 0 aliphatic carbocycles. The van der Waals surface area contributed by atoms with Gasteiger partial charge < -0.3 is 19.9 Å². The summed E-state index contributed by atoms with van der Waals surface area (Å²) in [5.41, 5.74) is 0.996.